The van der Waals surface area contributed by atoms with E-state index in [4.69, 9.17) is 14.8 Å². The third kappa shape index (κ3) is 6.01. The quantitative estimate of drug-likeness (QED) is 0.252. The number of ether oxygens (including phenoxy) is 1. The second-order valence-electron chi connectivity index (χ2n) is 13.5. The van der Waals surface area contributed by atoms with Crippen molar-refractivity contribution in [2.24, 2.45) is 0 Å². The summed E-state index contributed by atoms with van der Waals surface area (Å²) in [5, 5.41) is 17.9. The molecule has 2 aromatic carbocycles. The molecule has 1 fully saturated rings. The molecule has 5 aromatic rings. The molecule has 5 heterocycles. The number of halogens is 3. The van der Waals surface area contributed by atoms with Crippen LogP contribution in [0.3, 0.4) is 0 Å². The van der Waals surface area contributed by atoms with E-state index in [1.165, 1.54) is 16.9 Å². The Hall–Kier alpha value is -5.84. The van der Waals surface area contributed by atoms with Crippen LogP contribution in [0, 0.1) is 6.92 Å². The van der Waals surface area contributed by atoms with E-state index in [2.05, 4.69) is 15.3 Å². The van der Waals surface area contributed by atoms with E-state index in [1.54, 1.807) is 16.4 Å². The maximum Gasteiger partial charge on any atom is 0.416 e. The molecule has 1 saturated heterocycles. The molecule has 0 atom stereocenters. The molecule has 3 aliphatic rings. The highest BCUT2D eigenvalue weighted by molar-refractivity contribution is 5.95. The Morgan fingerprint density at radius 1 is 1.00 bits per heavy atom. The number of nitrogens with one attached hydrogen (secondary N) is 1. The number of hydrogen-bond donors (Lipinski definition) is 2. The minimum atomic E-state index is -4.49. The summed E-state index contributed by atoms with van der Waals surface area (Å²) in [5.41, 5.74) is 3.55. The molecule has 14 nitrogen and oxygen atoms in total. The van der Waals surface area contributed by atoms with Gasteiger partial charge in [-0.25, -0.2) is 9.97 Å². The van der Waals surface area contributed by atoms with Crippen molar-refractivity contribution in [1.29, 1.82) is 0 Å². The Morgan fingerprint density at radius 3 is 2.50 bits per heavy atom. The van der Waals surface area contributed by atoms with Gasteiger partial charge in [0.05, 0.1) is 30.2 Å². The van der Waals surface area contributed by atoms with Crippen molar-refractivity contribution in [2.75, 3.05) is 43.0 Å². The smallest absolute Gasteiger partial charge is 0.416 e. The number of piperazine rings is 1. The van der Waals surface area contributed by atoms with Gasteiger partial charge in [0.25, 0.3) is 11.5 Å². The number of carbonyl (C=O) groups is 2. The highest BCUT2D eigenvalue weighted by atomic mass is 19.4. The number of rotatable bonds is 7. The molecule has 0 bridgehead atoms. The van der Waals surface area contributed by atoms with Gasteiger partial charge in [-0.15, -0.1) is 5.10 Å². The van der Waals surface area contributed by atoms with E-state index < -0.39 is 29.1 Å². The molecular weight excluding hydrogens is 707 g/mol. The Morgan fingerprint density at radius 2 is 1.78 bits per heavy atom. The Balaban J connectivity index is 1.17. The van der Waals surface area contributed by atoms with Crippen LogP contribution in [0.25, 0.3) is 17.2 Å². The van der Waals surface area contributed by atoms with Crippen molar-refractivity contribution >= 4 is 29.0 Å². The fourth-order valence-electron chi connectivity index (χ4n) is 7.63. The molecule has 0 saturated carbocycles. The van der Waals surface area contributed by atoms with E-state index in [9.17, 15) is 32.7 Å². The van der Waals surface area contributed by atoms with Gasteiger partial charge in [-0.1, -0.05) is 25.1 Å². The molecule has 8 rings (SSSR count). The van der Waals surface area contributed by atoms with Crippen LogP contribution < -0.4 is 15.8 Å². The molecule has 2 amide bonds. The van der Waals surface area contributed by atoms with Gasteiger partial charge >= 0.3 is 6.18 Å². The van der Waals surface area contributed by atoms with Crippen LogP contribution in [-0.2, 0) is 54.5 Å². The van der Waals surface area contributed by atoms with Gasteiger partial charge in [-0.05, 0) is 67.0 Å². The molecule has 280 valence electrons. The van der Waals surface area contributed by atoms with Crippen LogP contribution in [0.4, 0.5) is 24.5 Å². The van der Waals surface area contributed by atoms with E-state index in [0.717, 1.165) is 22.8 Å². The summed E-state index contributed by atoms with van der Waals surface area (Å²) in [4.78, 5) is 57.7. The summed E-state index contributed by atoms with van der Waals surface area (Å²) in [6, 6.07) is 8.01. The van der Waals surface area contributed by atoms with E-state index in [0.29, 0.717) is 60.9 Å². The number of aryl methyl sites for hydroxylation is 1. The molecule has 3 aromatic heterocycles. The molecule has 2 N–H and O–H groups in total. The van der Waals surface area contributed by atoms with Gasteiger partial charge in [0.1, 0.15) is 18.6 Å². The number of nitrogens with zero attached hydrogens (tertiary/aromatic N) is 8. The SMILES string of the molecule is CCc1c(N2CCN(C(=O)c3ncnc(C)c3O)CC2)c(=O)n2nc(-c3cccc4c3CCOC4)nc2n1CC(=O)Nc1ccc(C(F)(F)F)c2c1CC2. The lowest BCUT2D eigenvalue weighted by atomic mass is 9.83. The largest absolute Gasteiger partial charge is 0.504 e. The van der Waals surface area contributed by atoms with Crippen LogP contribution in [0.5, 0.6) is 5.75 Å². The molecule has 17 heteroatoms. The highest BCUT2D eigenvalue weighted by Gasteiger charge is 2.37. The second-order valence-corrected chi connectivity index (χ2v) is 13.5. The third-order valence-corrected chi connectivity index (χ3v) is 10.5. The zero-order valence-corrected chi connectivity index (χ0v) is 29.5. The predicted octanol–water partition coefficient (Wildman–Crippen LogP) is 3.72. The first kappa shape index (κ1) is 35.2. The summed E-state index contributed by atoms with van der Waals surface area (Å²) >= 11 is 0. The van der Waals surface area contributed by atoms with Crippen LogP contribution in [-0.4, -0.2) is 83.7 Å². The molecule has 54 heavy (non-hydrogen) atoms. The lowest BCUT2D eigenvalue weighted by molar-refractivity contribution is -0.138. The zero-order chi connectivity index (χ0) is 37.9. The lowest BCUT2D eigenvalue weighted by Crippen LogP contribution is -2.51. The van der Waals surface area contributed by atoms with Crippen molar-refractivity contribution in [2.45, 2.75) is 58.9 Å². The standard InChI is InChI=1S/C37H36F3N9O5/c1-3-28-31(46-12-14-47(15-13-46)34(52)30-32(51)20(2)41-19-42-30)35(53)49-36(44-33(45-49)25-6-4-5-21-18-54-16-11-22(21)25)48(28)17-29(50)43-27-10-9-26(37(38,39)40)23-7-8-24(23)27/h4-6,9-10,19,51H,3,7-8,11-18H2,1-2H3,(H,43,50). The van der Waals surface area contributed by atoms with Gasteiger partial charge in [-0.2, -0.15) is 22.7 Å². The third-order valence-electron chi connectivity index (χ3n) is 10.5. The maximum absolute atomic E-state index is 14.5. The van der Waals surface area contributed by atoms with Gasteiger partial charge in [0.15, 0.2) is 17.3 Å². The number of aromatic hydroxyl groups is 1. The van der Waals surface area contributed by atoms with E-state index in [-0.39, 0.29) is 67.6 Å². The van der Waals surface area contributed by atoms with Crippen LogP contribution in [0.2, 0.25) is 0 Å². The van der Waals surface area contributed by atoms with Gasteiger partial charge in [-0.3, -0.25) is 14.4 Å². The number of benzene rings is 2. The molecular formula is C37H36F3N9O5. The second kappa shape index (κ2) is 13.5. The molecule has 2 aliphatic heterocycles. The van der Waals surface area contributed by atoms with Gasteiger partial charge in [0.2, 0.25) is 11.7 Å². The maximum atomic E-state index is 14.5. The Bertz CT molecular complexity index is 2400. The summed E-state index contributed by atoms with van der Waals surface area (Å²) in [7, 11) is 0. The summed E-state index contributed by atoms with van der Waals surface area (Å²) in [6.07, 6.45) is -1.65. The van der Waals surface area contributed by atoms with Crippen LogP contribution in [0.1, 0.15) is 56.6 Å². The van der Waals surface area contributed by atoms with E-state index >= 15 is 0 Å². The average Bonchev–Trinajstić information content (AvgIpc) is 3.59. The first-order chi connectivity index (χ1) is 25.9. The summed E-state index contributed by atoms with van der Waals surface area (Å²) in [5.74, 6) is -0.818. The van der Waals surface area contributed by atoms with Gasteiger partial charge in [0, 0.05) is 37.4 Å². The fraction of sp³-hybridized carbons (Fsp3) is 0.378. The summed E-state index contributed by atoms with van der Waals surface area (Å²) in [6.45, 7) is 5.00. The van der Waals surface area contributed by atoms with Crippen molar-refractivity contribution in [1.82, 2.24) is 34.0 Å². The molecule has 0 spiro atoms. The number of anilines is 2. The monoisotopic (exact) mass is 743 g/mol. The highest BCUT2D eigenvalue weighted by Crippen LogP contribution is 2.41. The van der Waals surface area contributed by atoms with Crippen LogP contribution in [0.15, 0.2) is 41.5 Å². The zero-order valence-electron chi connectivity index (χ0n) is 29.5. The molecule has 1 aliphatic carbocycles. The number of amides is 2. The molecule has 0 unspecified atom stereocenters. The topological polar surface area (TPSA) is 160 Å². The number of alkyl halides is 3. The minimum absolute atomic E-state index is 0.104. The van der Waals surface area contributed by atoms with Crippen molar-refractivity contribution in [3.05, 3.63) is 91.9 Å². The van der Waals surface area contributed by atoms with Crippen molar-refractivity contribution in [3.63, 3.8) is 0 Å². The Labute approximate surface area is 306 Å². The number of carbonyl (C=O) groups excluding carboxylic acids is 2. The first-order valence-electron chi connectivity index (χ1n) is 17.7. The minimum Gasteiger partial charge on any atom is -0.504 e. The molecule has 0 radical (unpaired) electrons. The Kier molecular flexibility index (Phi) is 8.82. The number of hydrogen-bond acceptors (Lipinski definition) is 10. The first-order valence-corrected chi connectivity index (χ1v) is 17.7. The summed E-state index contributed by atoms with van der Waals surface area (Å²) < 4.78 is 49.3. The van der Waals surface area contributed by atoms with Crippen molar-refractivity contribution < 1.29 is 32.6 Å². The number of aromatic nitrogens is 6. The number of fused-ring (bicyclic) bond motifs is 3. The van der Waals surface area contributed by atoms with Crippen LogP contribution >= 0.6 is 0 Å². The predicted molar refractivity (Wildman–Crippen MR) is 189 cm³/mol. The van der Waals surface area contributed by atoms with E-state index in [1.807, 2.05) is 30.0 Å². The van der Waals surface area contributed by atoms with Gasteiger partial charge < -0.3 is 29.5 Å². The normalized spacial score (nSPS) is 15.5. The fourth-order valence-corrected chi connectivity index (χ4v) is 7.63. The van der Waals surface area contributed by atoms with Crippen molar-refractivity contribution in [3.8, 4) is 17.1 Å². The average molecular weight is 744 g/mol. The lowest BCUT2D eigenvalue weighted by Gasteiger charge is -2.36.